The Morgan fingerprint density at radius 1 is 1.33 bits per heavy atom. The van der Waals surface area contributed by atoms with E-state index in [2.05, 4.69) is 22.5 Å². The molecule has 18 heavy (non-hydrogen) atoms. The van der Waals surface area contributed by atoms with Crippen molar-refractivity contribution in [3.8, 4) is 17.2 Å². The number of thiophene rings is 1. The molecular formula is C14H12N2S2. The maximum Gasteiger partial charge on any atom is 0.122 e. The summed E-state index contributed by atoms with van der Waals surface area (Å²) in [6.45, 7) is 0. The number of aryl methyl sites for hydroxylation is 1. The molecule has 0 saturated carbocycles. The van der Waals surface area contributed by atoms with E-state index in [4.69, 9.17) is 12.2 Å². The van der Waals surface area contributed by atoms with Gasteiger partial charge in [0.2, 0.25) is 0 Å². The van der Waals surface area contributed by atoms with Crippen LogP contribution in [0.4, 0.5) is 0 Å². The molecule has 2 aromatic heterocycles. The monoisotopic (exact) mass is 272 g/mol. The smallest absolute Gasteiger partial charge is 0.122 e. The third kappa shape index (κ3) is 1.80. The number of fused-ring (bicyclic) bond motifs is 1. The molecule has 2 heterocycles. The van der Waals surface area contributed by atoms with E-state index < -0.39 is 0 Å². The first kappa shape index (κ1) is 11.6. The summed E-state index contributed by atoms with van der Waals surface area (Å²) >= 11 is 6.98. The first-order valence-electron chi connectivity index (χ1n) is 6.02. The molecule has 0 amide bonds. The molecule has 0 atom stereocenters. The number of H-pyrrole nitrogens is 1. The largest absolute Gasteiger partial charge is 0.349 e. The Labute approximate surface area is 115 Å². The van der Waals surface area contributed by atoms with Crippen LogP contribution in [0, 0.1) is 16.0 Å². The summed E-state index contributed by atoms with van der Waals surface area (Å²) in [5.41, 5.74) is 5.35. The van der Waals surface area contributed by atoms with Gasteiger partial charge in [0.15, 0.2) is 0 Å². The first-order valence-corrected chi connectivity index (χ1v) is 7.37. The van der Waals surface area contributed by atoms with Crippen LogP contribution in [0.3, 0.4) is 0 Å². The zero-order valence-electron chi connectivity index (χ0n) is 9.82. The zero-order valence-corrected chi connectivity index (χ0v) is 11.5. The van der Waals surface area contributed by atoms with Crippen LogP contribution in [0.1, 0.15) is 29.7 Å². The van der Waals surface area contributed by atoms with Gasteiger partial charge in [-0.15, -0.1) is 0 Å². The molecule has 90 valence electrons. The summed E-state index contributed by atoms with van der Waals surface area (Å²) in [4.78, 5) is 3.25. The van der Waals surface area contributed by atoms with Crippen LogP contribution in [0.5, 0.6) is 0 Å². The van der Waals surface area contributed by atoms with E-state index in [0.717, 1.165) is 24.0 Å². The Balaban J connectivity index is 2.36. The topological polar surface area (TPSA) is 39.6 Å². The van der Waals surface area contributed by atoms with Gasteiger partial charge in [-0.1, -0.05) is 12.2 Å². The van der Waals surface area contributed by atoms with E-state index in [-0.39, 0.29) is 0 Å². The van der Waals surface area contributed by atoms with Gasteiger partial charge in [0.25, 0.3) is 0 Å². The highest BCUT2D eigenvalue weighted by atomic mass is 32.1. The lowest BCUT2D eigenvalue weighted by Crippen LogP contribution is -2.09. The summed E-state index contributed by atoms with van der Waals surface area (Å²) in [7, 11) is 0. The van der Waals surface area contributed by atoms with Crippen LogP contribution < -0.4 is 0 Å². The van der Waals surface area contributed by atoms with Crippen molar-refractivity contribution in [2.45, 2.75) is 25.7 Å². The van der Waals surface area contributed by atoms with E-state index in [1.165, 1.54) is 24.1 Å². The van der Waals surface area contributed by atoms with Gasteiger partial charge in [-0.05, 0) is 53.6 Å². The molecule has 2 aromatic rings. The van der Waals surface area contributed by atoms with Crippen LogP contribution in [-0.2, 0) is 12.8 Å². The van der Waals surface area contributed by atoms with E-state index in [1.54, 1.807) is 11.3 Å². The number of nitriles is 1. The molecular weight excluding hydrogens is 260 g/mol. The highest BCUT2D eigenvalue weighted by molar-refractivity contribution is 7.71. The van der Waals surface area contributed by atoms with Gasteiger partial charge >= 0.3 is 0 Å². The molecule has 0 aliphatic heterocycles. The lowest BCUT2D eigenvalue weighted by atomic mass is 9.88. The third-order valence-corrected chi connectivity index (χ3v) is 4.42. The molecule has 0 unspecified atom stereocenters. The molecule has 0 saturated heterocycles. The van der Waals surface area contributed by atoms with Crippen molar-refractivity contribution in [1.82, 2.24) is 4.98 Å². The number of hydrogen-bond donors (Lipinski definition) is 1. The molecule has 0 radical (unpaired) electrons. The van der Waals surface area contributed by atoms with Crippen molar-refractivity contribution in [2.75, 3.05) is 0 Å². The molecule has 0 bridgehead atoms. The highest BCUT2D eigenvalue weighted by Gasteiger charge is 2.19. The Morgan fingerprint density at radius 3 is 2.89 bits per heavy atom. The second kappa shape index (κ2) is 4.68. The van der Waals surface area contributed by atoms with Gasteiger partial charge in [0.1, 0.15) is 10.7 Å². The van der Waals surface area contributed by atoms with E-state index in [0.29, 0.717) is 10.2 Å². The lowest BCUT2D eigenvalue weighted by molar-refractivity contribution is 0.668. The normalized spacial score (nSPS) is 13.9. The maximum absolute atomic E-state index is 9.37. The quantitative estimate of drug-likeness (QED) is 0.789. The fourth-order valence-electron chi connectivity index (χ4n) is 2.62. The second-order valence-corrected chi connectivity index (χ2v) is 5.68. The molecule has 2 nitrogen and oxygen atoms in total. The summed E-state index contributed by atoms with van der Waals surface area (Å²) in [5.74, 6) is 0. The molecule has 1 aliphatic rings. The predicted octanol–water partition coefficient (Wildman–Crippen LogP) is 4.22. The van der Waals surface area contributed by atoms with Crippen molar-refractivity contribution in [3.63, 3.8) is 0 Å². The lowest BCUT2D eigenvalue weighted by Gasteiger charge is -2.20. The SMILES string of the molecule is N#Cc1c(-c2ccsc2)c2c([nH]c1=S)CCCC2. The number of nitrogens with zero attached hydrogens (tertiary/aromatic N) is 1. The fraction of sp³-hybridized carbons (Fsp3) is 0.286. The van der Waals surface area contributed by atoms with Gasteiger partial charge in [-0.2, -0.15) is 16.6 Å². The number of nitrogens with one attached hydrogen (secondary N) is 1. The molecule has 0 spiro atoms. The van der Waals surface area contributed by atoms with Gasteiger partial charge < -0.3 is 4.98 Å². The maximum atomic E-state index is 9.37. The minimum absolute atomic E-state index is 0.583. The predicted molar refractivity (Wildman–Crippen MR) is 76.3 cm³/mol. The average Bonchev–Trinajstić information content (AvgIpc) is 2.90. The molecule has 1 N–H and O–H groups in total. The van der Waals surface area contributed by atoms with E-state index in [1.807, 2.05) is 5.38 Å². The number of aromatic nitrogens is 1. The average molecular weight is 272 g/mol. The third-order valence-electron chi connectivity index (χ3n) is 3.43. The minimum Gasteiger partial charge on any atom is -0.349 e. The van der Waals surface area contributed by atoms with Crippen molar-refractivity contribution in [1.29, 1.82) is 5.26 Å². The van der Waals surface area contributed by atoms with Gasteiger partial charge in [0, 0.05) is 11.3 Å². The number of pyridine rings is 1. The number of hydrogen-bond acceptors (Lipinski definition) is 3. The summed E-state index contributed by atoms with van der Waals surface area (Å²) in [6, 6.07) is 4.35. The molecule has 4 heteroatoms. The van der Waals surface area contributed by atoms with E-state index in [9.17, 15) is 5.26 Å². The van der Waals surface area contributed by atoms with Crippen molar-refractivity contribution in [3.05, 3.63) is 38.3 Å². The second-order valence-electron chi connectivity index (χ2n) is 4.49. The van der Waals surface area contributed by atoms with Crippen LogP contribution in [0.2, 0.25) is 0 Å². The fourth-order valence-corrected chi connectivity index (χ4v) is 3.53. The Bertz CT molecular complexity index is 675. The van der Waals surface area contributed by atoms with Crippen LogP contribution in [-0.4, -0.2) is 4.98 Å². The van der Waals surface area contributed by atoms with Crippen LogP contribution in [0.15, 0.2) is 16.8 Å². The van der Waals surface area contributed by atoms with Crippen molar-refractivity contribution < 1.29 is 0 Å². The summed E-state index contributed by atoms with van der Waals surface area (Å²) in [6.07, 6.45) is 4.48. The number of aromatic amines is 1. The van der Waals surface area contributed by atoms with Gasteiger partial charge in [-0.25, -0.2) is 0 Å². The van der Waals surface area contributed by atoms with Crippen molar-refractivity contribution in [2.24, 2.45) is 0 Å². The standard InChI is InChI=1S/C14H12N2S2/c15-7-11-13(9-5-6-18-8-9)10-3-1-2-4-12(10)16-14(11)17/h5-6,8H,1-4H2,(H,16,17). The van der Waals surface area contributed by atoms with Crippen LogP contribution >= 0.6 is 23.6 Å². The van der Waals surface area contributed by atoms with Crippen LogP contribution in [0.25, 0.3) is 11.1 Å². The molecule has 3 rings (SSSR count). The first-order chi connectivity index (χ1) is 8.81. The summed E-state index contributed by atoms with van der Waals surface area (Å²) in [5, 5.41) is 13.5. The summed E-state index contributed by atoms with van der Waals surface area (Å²) < 4.78 is 0.583. The van der Waals surface area contributed by atoms with E-state index >= 15 is 0 Å². The van der Waals surface area contributed by atoms with Gasteiger partial charge in [-0.3, -0.25) is 0 Å². The Hall–Kier alpha value is -1.44. The minimum atomic E-state index is 0.583. The van der Waals surface area contributed by atoms with Crippen molar-refractivity contribution >= 4 is 23.6 Å². The highest BCUT2D eigenvalue weighted by Crippen LogP contribution is 2.34. The molecule has 1 aliphatic carbocycles. The van der Waals surface area contributed by atoms with Gasteiger partial charge in [0.05, 0.1) is 5.56 Å². The number of rotatable bonds is 1. The molecule has 0 aromatic carbocycles. The zero-order chi connectivity index (χ0) is 12.5. The Morgan fingerprint density at radius 2 is 2.17 bits per heavy atom. The molecule has 0 fully saturated rings. The Kier molecular flexibility index (Phi) is 3.02.